The van der Waals surface area contributed by atoms with E-state index in [-0.39, 0.29) is 12.3 Å². The van der Waals surface area contributed by atoms with Crippen molar-refractivity contribution < 1.29 is 22.7 Å². The maximum absolute atomic E-state index is 12.9. The van der Waals surface area contributed by atoms with Crippen molar-refractivity contribution >= 4 is 11.6 Å². The molecule has 138 valence electrons. The van der Waals surface area contributed by atoms with Gasteiger partial charge in [-0.25, -0.2) is 0 Å². The SMILES string of the molecule is COc1ccccc1CCC(=O)N1CCCc2cc(C(F)(F)F)ccc21. The highest BCUT2D eigenvalue weighted by Gasteiger charge is 2.32. The molecule has 6 heteroatoms. The van der Waals surface area contributed by atoms with Crippen LogP contribution < -0.4 is 9.64 Å². The summed E-state index contributed by atoms with van der Waals surface area (Å²) in [6.07, 6.45) is -2.36. The number of carbonyl (C=O) groups is 1. The molecule has 2 aromatic rings. The van der Waals surface area contributed by atoms with Gasteiger partial charge in [-0.2, -0.15) is 13.2 Å². The molecule has 0 unspecified atom stereocenters. The van der Waals surface area contributed by atoms with Gasteiger partial charge in [-0.05, 0) is 54.7 Å². The number of nitrogens with zero attached hydrogens (tertiary/aromatic N) is 1. The van der Waals surface area contributed by atoms with Crippen molar-refractivity contribution in [1.29, 1.82) is 0 Å². The molecule has 2 aromatic carbocycles. The number of hydrogen-bond acceptors (Lipinski definition) is 2. The number of para-hydroxylation sites is 1. The standard InChI is InChI=1S/C20H20F3NO2/c1-26-18-7-3-2-5-14(18)8-11-19(25)24-12-4-6-15-13-16(20(21,22)23)9-10-17(15)24/h2-3,5,7,9-10,13H,4,6,8,11-12H2,1H3. The molecular formula is C20H20F3NO2. The van der Waals surface area contributed by atoms with E-state index in [0.717, 1.165) is 23.4 Å². The number of carbonyl (C=O) groups excluding carboxylic acids is 1. The molecule has 0 aliphatic carbocycles. The van der Waals surface area contributed by atoms with Crippen LogP contribution in [0.4, 0.5) is 18.9 Å². The maximum Gasteiger partial charge on any atom is 0.416 e. The summed E-state index contributed by atoms with van der Waals surface area (Å²) in [6.45, 7) is 0.531. The number of alkyl halides is 3. The number of hydrogen-bond donors (Lipinski definition) is 0. The van der Waals surface area contributed by atoms with Gasteiger partial charge in [0, 0.05) is 18.7 Å². The van der Waals surface area contributed by atoms with Crippen molar-refractivity contribution in [3.63, 3.8) is 0 Å². The van der Waals surface area contributed by atoms with Crippen LogP contribution >= 0.6 is 0 Å². The molecule has 0 saturated heterocycles. The Kier molecular flexibility index (Phi) is 5.20. The lowest BCUT2D eigenvalue weighted by Gasteiger charge is -2.30. The Morgan fingerprint density at radius 2 is 1.96 bits per heavy atom. The molecule has 1 amide bonds. The van der Waals surface area contributed by atoms with Crippen LogP contribution in [0.5, 0.6) is 5.75 Å². The van der Waals surface area contributed by atoms with Crippen LogP contribution in [0.25, 0.3) is 0 Å². The van der Waals surface area contributed by atoms with Crippen LogP contribution in [-0.2, 0) is 23.8 Å². The number of methoxy groups -OCH3 is 1. The number of aryl methyl sites for hydroxylation is 2. The van der Waals surface area contributed by atoms with Gasteiger partial charge in [0.05, 0.1) is 12.7 Å². The summed E-state index contributed by atoms with van der Waals surface area (Å²) in [6, 6.07) is 11.1. The van der Waals surface area contributed by atoms with E-state index in [0.29, 0.717) is 37.1 Å². The molecule has 1 aliphatic heterocycles. The number of halogens is 3. The normalized spacial score (nSPS) is 14.1. The van der Waals surface area contributed by atoms with E-state index in [1.807, 2.05) is 24.3 Å². The van der Waals surface area contributed by atoms with Gasteiger partial charge in [-0.3, -0.25) is 4.79 Å². The van der Waals surface area contributed by atoms with Crippen molar-refractivity contribution in [1.82, 2.24) is 0 Å². The van der Waals surface area contributed by atoms with Crippen LogP contribution in [-0.4, -0.2) is 19.6 Å². The van der Waals surface area contributed by atoms with Gasteiger partial charge in [-0.15, -0.1) is 0 Å². The van der Waals surface area contributed by atoms with E-state index < -0.39 is 11.7 Å². The van der Waals surface area contributed by atoms with Crippen LogP contribution in [0.15, 0.2) is 42.5 Å². The maximum atomic E-state index is 12.9. The summed E-state index contributed by atoms with van der Waals surface area (Å²) in [5.41, 5.74) is 1.44. The molecule has 1 heterocycles. The van der Waals surface area contributed by atoms with Crippen molar-refractivity contribution in [3.8, 4) is 5.75 Å². The molecule has 0 saturated carbocycles. The fraction of sp³-hybridized carbons (Fsp3) is 0.350. The summed E-state index contributed by atoms with van der Waals surface area (Å²) in [7, 11) is 1.58. The highest BCUT2D eigenvalue weighted by molar-refractivity contribution is 5.94. The van der Waals surface area contributed by atoms with Crippen molar-refractivity contribution in [2.45, 2.75) is 31.9 Å². The molecule has 0 N–H and O–H groups in total. The molecular weight excluding hydrogens is 343 g/mol. The zero-order chi connectivity index (χ0) is 18.7. The largest absolute Gasteiger partial charge is 0.496 e. The first-order valence-electron chi connectivity index (χ1n) is 8.52. The van der Waals surface area contributed by atoms with Gasteiger partial charge in [0.25, 0.3) is 0 Å². The van der Waals surface area contributed by atoms with E-state index in [2.05, 4.69) is 0 Å². The summed E-state index contributed by atoms with van der Waals surface area (Å²) >= 11 is 0. The van der Waals surface area contributed by atoms with Gasteiger partial charge in [0.15, 0.2) is 0 Å². The third-order valence-electron chi connectivity index (χ3n) is 4.63. The first-order valence-corrected chi connectivity index (χ1v) is 8.52. The van der Waals surface area contributed by atoms with Crippen molar-refractivity contribution in [2.75, 3.05) is 18.6 Å². The second-order valence-electron chi connectivity index (χ2n) is 6.30. The first kappa shape index (κ1) is 18.3. The Balaban J connectivity index is 1.75. The predicted molar refractivity (Wildman–Crippen MR) is 93.4 cm³/mol. The predicted octanol–water partition coefficient (Wildman–Crippen LogP) is 4.63. The molecule has 3 rings (SSSR count). The smallest absolute Gasteiger partial charge is 0.416 e. The summed E-state index contributed by atoms with van der Waals surface area (Å²) in [5.74, 6) is 0.644. The highest BCUT2D eigenvalue weighted by atomic mass is 19.4. The number of fused-ring (bicyclic) bond motifs is 1. The fourth-order valence-corrected chi connectivity index (χ4v) is 3.32. The van der Waals surface area contributed by atoms with Crippen LogP contribution in [0.1, 0.15) is 29.5 Å². The Labute approximate surface area is 150 Å². The molecule has 0 spiro atoms. The van der Waals surface area contributed by atoms with E-state index in [9.17, 15) is 18.0 Å². The first-order chi connectivity index (χ1) is 12.4. The minimum absolute atomic E-state index is 0.0865. The molecule has 3 nitrogen and oxygen atoms in total. The average Bonchev–Trinajstić information content (AvgIpc) is 2.64. The number of rotatable bonds is 4. The average molecular weight is 363 g/mol. The topological polar surface area (TPSA) is 29.5 Å². The zero-order valence-corrected chi connectivity index (χ0v) is 14.5. The molecule has 0 atom stereocenters. The minimum Gasteiger partial charge on any atom is -0.496 e. The van der Waals surface area contributed by atoms with Crippen LogP contribution in [0.3, 0.4) is 0 Å². The van der Waals surface area contributed by atoms with E-state index in [1.165, 1.54) is 6.07 Å². The summed E-state index contributed by atoms with van der Waals surface area (Å²) in [4.78, 5) is 14.3. The van der Waals surface area contributed by atoms with Crippen molar-refractivity contribution in [2.24, 2.45) is 0 Å². The van der Waals surface area contributed by atoms with Crippen molar-refractivity contribution in [3.05, 3.63) is 59.2 Å². The van der Waals surface area contributed by atoms with E-state index in [1.54, 1.807) is 12.0 Å². The molecule has 1 aliphatic rings. The lowest BCUT2D eigenvalue weighted by Crippen LogP contribution is -2.35. The second kappa shape index (κ2) is 7.40. The van der Waals surface area contributed by atoms with Gasteiger partial charge in [0.2, 0.25) is 5.91 Å². The van der Waals surface area contributed by atoms with Crippen LogP contribution in [0, 0.1) is 0 Å². The van der Waals surface area contributed by atoms with E-state index in [4.69, 9.17) is 4.74 Å². The Hall–Kier alpha value is -2.50. The number of amides is 1. The van der Waals surface area contributed by atoms with Gasteiger partial charge < -0.3 is 9.64 Å². The Bertz CT molecular complexity index is 802. The molecule has 0 fully saturated rings. The monoisotopic (exact) mass is 363 g/mol. The third kappa shape index (κ3) is 3.84. The Morgan fingerprint density at radius 3 is 2.69 bits per heavy atom. The number of anilines is 1. The lowest BCUT2D eigenvalue weighted by molar-refractivity contribution is -0.137. The summed E-state index contributed by atoms with van der Waals surface area (Å²) in [5, 5.41) is 0. The number of benzene rings is 2. The van der Waals surface area contributed by atoms with Gasteiger partial charge in [0.1, 0.15) is 5.75 Å². The minimum atomic E-state index is -4.37. The lowest BCUT2D eigenvalue weighted by atomic mass is 9.98. The molecule has 26 heavy (non-hydrogen) atoms. The van der Waals surface area contributed by atoms with E-state index >= 15 is 0 Å². The molecule has 0 aromatic heterocycles. The quantitative estimate of drug-likeness (QED) is 0.793. The second-order valence-corrected chi connectivity index (χ2v) is 6.30. The summed E-state index contributed by atoms with van der Waals surface area (Å²) < 4.78 is 44.0. The highest BCUT2D eigenvalue weighted by Crippen LogP contribution is 2.35. The Morgan fingerprint density at radius 1 is 1.19 bits per heavy atom. The van der Waals surface area contributed by atoms with Crippen LogP contribution in [0.2, 0.25) is 0 Å². The third-order valence-corrected chi connectivity index (χ3v) is 4.63. The van der Waals surface area contributed by atoms with Gasteiger partial charge >= 0.3 is 6.18 Å². The zero-order valence-electron chi connectivity index (χ0n) is 14.5. The number of ether oxygens (including phenoxy) is 1. The molecule has 0 bridgehead atoms. The fourth-order valence-electron chi connectivity index (χ4n) is 3.32. The molecule has 0 radical (unpaired) electrons. The van der Waals surface area contributed by atoms with Gasteiger partial charge in [-0.1, -0.05) is 18.2 Å².